The number of benzene rings is 2. The zero-order chi connectivity index (χ0) is 17.8. The number of nitrogens with one attached hydrogen (secondary N) is 2. The Kier molecular flexibility index (Phi) is 5.31. The molecule has 1 aromatic heterocycles. The van der Waals surface area contributed by atoms with E-state index in [1.807, 2.05) is 25.1 Å². The van der Waals surface area contributed by atoms with Gasteiger partial charge in [0.2, 0.25) is 5.95 Å². The van der Waals surface area contributed by atoms with E-state index in [0.29, 0.717) is 22.6 Å². The van der Waals surface area contributed by atoms with Crippen LogP contribution in [0.15, 0.2) is 48.8 Å². The van der Waals surface area contributed by atoms with Gasteiger partial charge in [-0.3, -0.25) is 5.32 Å². The van der Waals surface area contributed by atoms with E-state index in [-0.39, 0.29) is 0 Å². The Morgan fingerprint density at radius 1 is 1.12 bits per heavy atom. The van der Waals surface area contributed by atoms with Gasteiger partial charge in [0.05, 0.1) is 6.54 Å². The molecule has 2 N–H and O–H groups in total. The molecule has 0 spiro atoms. The first-order valence-electron chi connectivity index (χ1n) is 7.79. The maximum absolute atomic E-state index is 6.02. The fraction of sp³-hybridized carbons (Fsp3) is 0.167. The molecule has 0 unspecified atom stereocenters. The lowest BCUT2D eigenvalue weighted by Gasteiger charge is -2.10. The van der Waals surface area contributed by atoms with Crippen molar-refractivity contribution >= 4 is 40.6 Å². The number of nitrogens with zero attached hydrogens (tertiary/aromatic N) is 3. The summed E-state index contributed by atoms with van der Waals surface area (Å²) in [7, 11) is 0. The van der Waals surface area contributed by atoms with Crippen LogP contribution >= 0.6 is 23.8 Å². The molecule has 3 rings (SSSR count). The van der Waals surface area contributed by atoms with E-state index >= 15 is 0 Å². The Hall–Kier alpha value is -2.44. The maximum atomic E-state index is 6.02. The van der Waals surface area contributed by atoms with Gasteiger partial charge >= 0.3 is 0 Å². The highest BCUT2D eigenvalue weighted by Crippen LogP contribution is 2.20. The molecule has 0 fully saturated rings. The molecule has 2 aromatic carbocycles. The number of thiocarbonyl (C=S) groups is 1. The number of rotatable bonds is 4. The molecular weight excluding hydrogens is 354 g/mol. The minimum Gasteiger partial charge on any atom is -0.332 e. The third-order valence-electron chi connectivity index (χ3n) is 3.67. The molecule has 7 heteroatoms. The van der Waals surface area contributed by atoms with Crippen LogP contribution in [0.25, 0.3) is 0 Å². The van der Waals surface area contributed by atoms with Crippen molar-refractivity contribution < 1.29 is 0 Å². The summed E-state index contributed by atoms with van der Waals surface area (Å²) in [6.07, 6.45) is 1.68. The van der Waals surface area contributed by atoms with Gasteiger partial charge in [0.25, 0.3) is 0 Å². The Labute approximate surface area is 157 Å². The molecule has 0 aliphatic rings. The highest BCUT2D eigenvalue weighted by atomic mass is 35.5. The largest absolute Gasteiger partial charge is 0.332 e. The molecular formula is C18H18ClN5S. The van der Waals surface area contributed by atoms with E-state index in [0.717, 1.165) is 16.8 Å². The van der Waals surface area contributed by atoms with Crippen LogP contribution in [0, 0.1) is 13.8 Å². The first-order chi connectivity index (χ1) is 12.0. The lowest BCUT2D eigenvalue weighted by molar-refractivity contribution is 0.687. The topological polar surface area (TPSA) is 54.8 Å². The van der Waals surface area contributed by atoms with Crippen molar-refractivity contribution in [3.8, 4) is 0 Å². The summed E-state index contributed by atoms with van der Waals surface area (Å²) in [5, 5.41) is 11.6. The molecule has 0 amide bonds. The molecule has 0 aliphatic heterocycles. The molecule has 0 aliphatic carbocycles. The quantitative estimate of drug-likeness (QED) is 0.665. The van der Waals surface area contributed by atoms with Crippen LogP contribution in [0.2, 0.25) is 5.02 Å². The van der Waals surface area contributed by atoms with Crippen molar-refractivity contribution in [2.75, 3.05) is 10.6 Å². The van der Waals surface area contributed by atoms with Gasteiger partial charge < -0.3 is 5.32 Å². The van der Waals surface area contributed by atoms with Gasteiger partial charge in [-0.2, -0.15) is 0 Å². The molecule has 1 heterocycles. The number of aromatic nitrogens is 3. The SMILES string of the molecule is Cc1ccc(Cn2cnc(NC(=S)Nc3cc(Cl)ccc3C)n2)cc1. The van der Waals surface area contributed by atoms with Crippen LogP contribution in [0.3, 0.4) is 0 Å². The van der Waals surface area contributed by atoms with E-state index in [2.05, 4.69) is 51.9 Å². The predicted octanol–water partition coefficient (Wildman–Crippen LogP) is 4.41. The smallest absolute Gasteiger partial charge is 0.248 e. The van der Waals surface area contributed by atoms with E-state index < -0.39 is 0 Å². The second kappa shape index (κ2) is 7.63. The van der Waals surface area contributed by atoms with Crippen molar-refractivity contribution in [2.45, 2.75) is 20.4 Å². The maximum Gasteiger partial charge on any atom is 0.248 e. The molecule has 0 saturated heterocycles. The third-order valence-corrected chi connectivity index (χ3v) is 4.11. The zero-order valence-corrected chi connectivity index (χ0v) is 15.5. The molecule has 0 radical (unpaired) electrons. The van der Waals surface area contributed by atoms with Crippen LogP contribution in [-0.2, 0) is 6.54 Å². The Morgan fingerprint density at radius 2 is 1.88 bits per heavy atom. The minimum absolute atomic E-state index is 0.415. The number of aryl methyl sites for hydroxylation is 2. The van der Waals surface area contributed by atoms with Crippen molar-refractivity contribution in [1.82, 2.24) is 14.8 Å². The van der Waals surface area contributed by atoms with E-state index in [1.165, 1.54) is 5.56 Å². The fourth-order valence-corrected chi connectivity index (χ4v) is 2.67. The summed E-state index contributed by atoms with van der Waals surface area (Å²) in [6.45, 7) is 4.70. The average molecular weight is 372 g/mol. The summed E-state index contributed by atoms with van der Waals surface area (Å²) in [4.78, 5) is 4.24. The normalized spacial score (nSPS) is 10.5. The van der Waals surface area contributed by atoms with Crippen LogP contribution in [0.5, 0.6) is 0 Å². The van der Waals surface area contributed by atoms with Crippen LogP contribution in [0.4, 0.5) is 11.6 Å². The second-order valence-corrected chi connectivity index (χ2v) is 6.63. The number of hydrogen-bond acceptors (Lipinski definition) is 3. The summed E-state index contributed by atoms with van der Waals surface area (Å²) in [6, 6.07) is 13.9. The van der Waals surface area contributed by atoms with Gasteiger partial charge in [0, 0.05) is 10.7 Å². The van der Waals surface area contributed by atoms with Gasteiger partial charge in [-0.15, -0.1) is 5.10 Å². The molecule has 128 valence electrons. The molecule has 0 atom stereocenters. The fourth-order valence-electron chi connectivity index (χ4n) is 2.29. The Morgan fingerprint density at radius 3 is 2.64 bits per heavy atom. The summed E-state index contributed by atoms with van der Waals surface area (Å²) >= 11 is 11.3. The Bertz CT molecular complexity index is 889. The summed E-state index contributed by atoms with van der Waals surface area (Å²) in [5.41, 5.74) is 4.30. The van der Waals surface area contributed by atoms with E-state index in [9.17, 15) is 0 Å². The minimum atomic E-state index is 0.415. The lowest BCUT2D eigenvalue weighted by atomic mass is 10.1. The molecule has 3 aromatic rings. The van der Waals surface area contributed by atoms with Crippen LogP contribution in [-0.4, -0.2) is 19.9 Å². The molecule has 25 heavy (non-hydrogen) atoms. The second-order valence-electron chi connectivity index (χ2n) is 5.79. The number of anilines is 2. The lowest BCUT2D eigenvalue weighted by Crippen LogP contribution is -2.20. The summed E-state index contributed by atoms with van der Waals surface area (Å²) < 4.78 is 1.76. The van der Waals surface area contributed by atoms with Gasteiger partial charge in [0.1, 0.15) is 6.33 Å². The summed E-state index contributed by atoms with van der Waals surface area (Å²) in [5.74, 6) is 0.448. The standard InChI is InChI=1S/C18H18ClN5S/c1-12-3-6-14(7-4-12)10-24-11-20-17(23-24)22-18(25)21-16-9-15(19)8-5-13(16)2/h3-9,11H,10H2,1-2H3,(H2,21,22,23,25). The van der Waals surface area contributed by atoms with Crippen LogP contribution < -0.4 is 10.6 Å². The highest BCUT2D eigenvalue weighted by molar-refractivity contribution is 7.80. The van der Waals surface area contributed by atoms with Gasteiger partial charge in [-0.25, -0.2) is 9.67 Å². The van der Waals surface area contributed by atoms with Gasteiger partial charge in [0.15, 0.2) is 5.11 Å². The third kappa shape index (κ3) is 4.78. The zero-order valence-electron chi connectivity index (χ0n) is 14.0. The average Bonchev–Trinajstić information content (AvgIpc) is 3.00. The predicted molar refractivity (Wildman–Crippen MR) is 106 cm³/mol. The van der Waals surface area contributed by atoms with Crippen LogP contribution in [0.1, 0.15) is 16.7 Å². The van der Waals surface area contributed by atoms with E-state index in [4.69, 9.17) is 23.8 Å². The van der Waals surface area contributed by atoms with E-state index in [1.54, 1.807) is 11.0 Å². The first-order valence-corrected chi connectivity index (χ1v) is 8.57. The van der Waals surface area contributed by atoms with Crippen molar-refractivity contribution in [1.29, 1.82) is 0 Å². The Balaban J connectivity index is 1.61. The van der Waals surface area contributed by atoms with Crippen molar-refractivity contribution in [2.24, 2.45) is 0 Å². The first kappa shape index (κ1) is 17.4. The van der Waals surface area contributed by atoms with Gasteiger partial charge in [-0.1, -0.05) is 47.5 Å². The van der Waals surface area contributed by atoms with Gasteiger partial charge in [-0.05, 0) is 49.3 Å². The van der Waals surface area contributed by atoms with Crippen molar-refractivity contribution in [3.63, 3.8) is 0 Å². The number of hydrogen-bond donors (Lipinski definition) is 2. The number of halogens is 1. The molecule has 5 nitrogen and oxygen atoms in total. The highest BCUT2D eigenvalue weighted by Gasteiger charge is 2.06. The monoisotopic (exact) mass is 371 g/mol. The molecule has 0 bridgehead atoms. The van der Waals surface area contributed by atoms with Crippen molar-refractivity contribution in [3.05, 3.63) is 70.5 Å². The molecule has 0 saturated carbocycles.